The Balaban J connectivity index is 1.87. The zero-order chi connectivity index (χ0) is 23.7. The Morgan fingerprint density at radius 2 is 1.97 bits per heavy atom. The molecule has 8 heteroatoms. The number of hydrogen-bond acceptors (Lipinski definition) is 4. The van der Waals surface area contributed by atoms with Crippen LogP contribution in [0.2, 0.25) is 5.02 Å². The van der Waals surface area contributed by atoms with Gasteiger partial charge in [-0.2, -0.15) is 0 Å². The molecule has 172 valence electrons. The molecule has 0 saturated carbocycles. The minimum Gasteiger partial charge on any atom is -0.465 e. The lowest BCUT2D eigenvalue weighted by Gasteiger charge is -2.28. The summed E-state index contributed by atoms with van der Waals surface area (Å²) in [6, 6.07) is 13.2. The Bertz CT molecular complexity index is 1190. The third kappa shape index (κ3) is 4.35. The van der Waals surface area contributed by atoms with Crippen LogP contribution in [0.25, 0.3) is 5.69 Å². The lowest BCUT2D eigenvalue weighted by Crippen LogP contribution is -2.35. The van der Waals surface area contributed by atoms with Gasteiger partial charge in [0.2, 0.25) is 0 Å². The molecule has 0 spiro atoms. The fraction of sp³-hybridized carbons (Fsp3) is 0.320. The van der Waals surface area contributed by atoms with E-state index in [-0.39, 0.29) is 24.6 Å². The quantitative estimate of drug-likeness (QED) is 0.394. The fourth-order valence-corrected chi connectivity index (χ4v) is 5.17. The van der Waals surface area contributed by atoms with E-state index in [1.807, 2.05) is 47.4 Å². The minimum atomic E-state index is -0.311. The van der Waals surface area contributed by atoms with E-state index in [1.165, 1.54) is 0 Å². The number of pyridine rings is 1. The number of carbonyl (C=O) groups excluding carboxylic acids is 1. The van der Waals surface area contributed by atoms with E-state index in [0.29, 0.717) is 16.7 Å². The third-order valence-corrected chi connectivity index (χ3v) is 6.76. The third-order valence-electron chi connectivity index (χ3n) is 6.17. The summed E-state index contributed by atoms with van der Waals surface area (Å²) < 4.78 is 7.45. The summed E-state index contributed by atoms with van der Waals surface area (Å²) in [5.41, 5.74) is 6.28. The van der Waals surface area contributed by atoms with Crippen molar-refractivity contribution in [2.75, 3.05) is 13.2 Å². The van der Waals surface area contributed by atoms with E-state index < -0.39 is 0 Å². The van der Waals surface area contributed by atoms with Crippen molar-refractivity contribution in [2.45, 2.75) is 39.8 Å². The number of hydrogen-bond donors (Lipinski definition) is 1. The maximum atomic E-state index is 12.5. The van der Waals surface area contributed by atoms with Gasteiger partial charge in [-0.15, -0.1) is 0 Å². The Morgan fingerprint density at radius 3 is 2.64 bits per heavy atom. The molecule has 2 atom stereocenters. The van der Waals surface area contributed by atoms with Gasteiger partial charge >= 0.3 is 5.97 Å². The van der Waals surface area contributed by atoms with Gasteiger partial charge in [-0.25, -0.2) is 0 Å². The first kappa shape index (κ1) is 23.3. The SMILES string of the molecule is CCOC(=O)CN1C(=S)N[C@@H](c2ccccn2)[C@@H]1c1c(C)c(C)n(-c2cccc(Cl)c2)c1C. The summed E-state index contributed by atoms with van der Waals surface area (Å²) in [4.78, 5) is 19.0. The van der Waals surface area contributed by atoms with Gasteiger partial charge in [-0.3, -0.25) is 9.78 Å². The summed E-state index contributed by atoms with van der Waals surface area (Å²) in [7, 11) is 0. The number of nitrogens with one attached hydrogen (secondary N) is 1. The van der Waals surface area contributed by atoms with Crippen LogP contribution in [0.15, 0.2) is 48.7 Å². The van der Waals surface area contributed by atoms with Gasteiger partial charge in [0.25, 0.3) is 0 Å². The molecule has 1 aromatic carbocycles. The number of thiocarbonyl (C=S) groups is 1. The Morgan fingerprint density at radius 1 is 1.18 bits per heavy atom. The van der Waals surface area contributed by atoms with Crippen molar-refractivity contribution in [3.05, 3.63) is 81.9 Å². The van der Waals surface area contributed by atoms with Crippen LogP contribution in [0, 0.1) is 20.8 Å². The second kappa shape index (κ2) is 9.53. The molecule has 0 radical (unpaired) electrons. The summed E-state index contributed by atoms with van der Waals surface area (Å²) in [6.07, 6.45) is 1.77. The van der Waals surface area contributed by atoms with Crippen LogP contribution < -0.4 is 5.32 Å². The first-order valence-corrected chi connectivity index (χ1v) is 11.7. The van der Waals surface area contributed by atoms with E-state index in [0.717, 1.165) is 33.9 Å². The molecule has 1 saturated heterocycles. The smallest absolute Gasteiger partial charge is 0.325 e. The lowest BCUT2D eigenvalue weighted by atomic mass is 9.93. The first-order chi connectivity index (χ1) is 15.8. The number of esters is 1. The molecule has 1 aliphatic heterocycles. The lowest BCUT2D eigenvalue weighted by molar-refractivity contribution is -0.143. The molecule has 0 amide bonds. The number of halogens is 1. The van der Waals surface area contributed by atoms with Crippen molar-refractivity contribution >= 4 is 34.9 Å². The number of nitrogens with zero attached hydrogens (tertiary/aromatic N) is 3. The molecule has 0 aliphatic carbocycles. The molecule has 4 rings (SSSR count). The highest BCUT2D eigenvalue weighted by molar-refractivity contribution is 7.80. The second-order valence-electron chi connectivity index (χ2n) is 8.08. The van der Waals surface area contributed by atoms with Crippen LogP contribution in [0.4, 0.5) is 0 Å². The van der Waals surface area contributed by atoms with E-state index in [1.54, 1.807) is 13.1 Å². The molecule has 1 N–H and O–H groups in total. The first-order valence-electron chi connectivity index (χ1n) is 10.9. The number of aromatic nitrogens is 2. The molecule has 1 fully saturated rings. The Hall–Kier alpha value is -2.90. The van der Waals surface area contributed by atoms with E-state index >= 15 is 0 Å². The average molecular weight is 483 g/mol. The van der Waals surface area contributed by atoms with Crippen molar-refractivity contribution in [1.29, 1.82) is 0 Å². The van der Waals surface area contributed by atoms with Gasteiger partial charge in [-0.1, -0.05) is 23.7 Å². The van der Waals surface area contributed by atoms with Crippen LogP contribution in [0.5, 0.6) is 0 Å². The molecular formula is C25H27ClN4O2S. The fourth-order valence-electron chi connectivity index (χ4n) is 4.68. The number of ether oxygens (including phenoxy) is 1. The maximum absolute atomic E-state index is 12.5. The van der Waals surface area contributed by atoms with Gasteiger partial charge < -0.3 is 19.5 Å². The predicted octanol–water partition coefficient (Wildman–Crippen LogP) is 4.99. The summed E-state index contributed by atoms with van der Waals surface area (Å²) in [6.45, 7) is 8.49. The van der Waals surface area contributed by atoms with Crippen molar-refractivity contribution in [2.24, 2.45) is 0 Å². The second-order valence-corrected chi connectivity index (χ2v) is 8.91. The molecule has 33 heavy (non-hydrogen) atoms. The maximum Gasteiger partial charge on any atom is 0.325 e. The molecule has 1 aliphatic rings. The molecule has 0 unspecified atom stereocenters. The van der Waals surface area contributed by atoms with Crippen LogP contribution in [-0.2, 0) is 9.53 Å². The molecular weight excluding hydrogens is 456 g/mol. The van der Waals surface area contributed by atoms with Crippen LogP contribution in [-0.4, -0.2) is 38.7 Å². The van der Waals surface area contributed by atoms with E-state index in [9.17, 15) is 4.79 Å². The van der Waals surface area contributed by atoms with Gasteiger partial charge in [0.15, 0.2) is 5.11 Å². The molecule has 6 nitrogen and oxygen atoms in total. The molecule has 2 aromatic heterocycles. The Labute approximate surface area is 204 Å². The van der Waals surface area contributed by atoms with Crippen LogP contribution in [0.1, 0.15) is 47.2 Å². The largest absolute Gasteiger partial charge is 0.465 e. The van der Waals surface area contributed by atoms with Gasteiger partial charge in [-0.05, 0) is 75.8 Å². The van der Waals surface area contributed by atoms with Crippen LogP contribution >= 0.6 is 23.8 Å². The summed E-state index contributed by atoms with van der Waals surface area (Å²) in [5, 5.41) is 4.59. The van der Waals surface area contributed by atoms with E-state index in [4.69, 9.17) is 28.6 Å². The standard InChI is InChI=1S/C25H27ClN4O2S/c1-5-32-21(31)14-29-24(23(28-25(29)33)20-11-6-7-12-27-20)22-15(2)16(3)30(17(22)4)19-10-8-9-18(26)13-19/h6-13,23-24H,5,14H2,1-4H3,(H,28,33)/t23-,24-/m0/s1. The zero-order valence-corrected chi connectivity index (χ0v) is 20.7. The van der Waals surface area contributed by atoms with Crippen molar-refractivity contribution in [3.8, 4) is 5.69 Å². The topological polar surface area (TPSA) is 59.4 Å². The highest BCUT2D eigenvalue weighted by Crippen LogP contribution is 2.43. The van der Waals surface area contributed by atoms with Crippen molar-refractivity contribution < 1.29 is 9.53 Å². The monoisotopic (exact) mass is 482 g/mol. The Kier molecular flexibility index (Phi) is 6.72. The average Bonchev–Trinajstić information content (AvgIpc) is 3.21. The van der Waals surface area contributed by atoms with E-state index in [2.05, 4.69) is 35.6 Å². The highest BCUT2D eigenvalue weighted by Gasteiger charge is 2.43. The number of benzene rings is 1. The molecule has 3 heterocycles. The molecule has 0 bridgehead atoms. The minimum absolute atomic E-state index is 0.0634. The van der Waals surface area contributed by atoms with Crippen molar-refractivity contribution in [1.82, 2.24) is 19.8 Å². The number of carbonyl (C=O) groups is 1. The van der Waals surface area contributed by atoms with Gasteiger partial charge in [0, 0.05) is 33.9 Å². The highest BCUT2D eigenvalue weighted by atomic mass is 35.5. The predicted molar refractivity (Wildman–Crippen MR) is 134 cm³/mol. The van der Waals surface area contributed by atoms with Crippen LogP contribution in [0.3, 0.4) is 0 Å². The van der Waals surface area contributed by atoms with Gasteiger partial charge in [0.1, 0.15) is 6.54 Å². The normalized spacial score (nSPS) is 17.8. The zero-order valence-electron chi connectivity index (χ0n) is 19.1. The van der Waals surface area contributed by atoms with Gasteiger partial charge in [0.05, 0.1) is 24.4 Å². The summed E-state index contributed by atoms with van der Waals surface area (Å²) in [5.74, 6) is -0.311. The number of rotatable bonds is 6. The van der Waals surface area contributed by atoms with Crippen molar-refractivity contribution in [3.63, 3.8) is 0 Å². The summed E-state index contributed by atoms with van der Waals surface area (Å²) >= 11 is 12.0. The molecule has 3 aromatic rings.